The smallest absolute Gasteiger partial charge is 0.0468 e. The molecule has 0 aliphatic heterocycles. The molecule has 1 heteroatoms. The molecule has 1 unspecified atom stereocenters. The number of hydrogen-bond acceptors (Lipinski definition) is 1. The molecule has 0 radical (unpaired) electrons. The van der Waals surface area contributed by atoms with E-state index >= 15 is 0 Å². The second-order valence-corrected chi connectivity index (χ2v) is 21.8. The third-order valence-corrected chi connectivity index (χ3v) is 17.2. The predicted molar refractivity (Wildman–Crippen MR) is 309 cm³/mol. The Morgan fingerprint density at radius 3 is 1.56 bits per heavy atom. The van der Waals surface area contributed by atoms with Gasteiger partial charge in [-0.25, -0.2) is 0 Å². The van der Waals surface area contributed by atoms with Crippen LogP contribution in [0.5, 0.6) is 0 Å². The van der Waals surface area contributed by atoms with E-state index in [0.29, 0.717) is 0 Å². The Hall–Kier alpha value is -8.26. The standard InChI is InChI=1S/C72H57N/c1-71(2)64-30-18-16-27-55(64)57-39-36-52(43-66(57)71)73(53-37-40-58-56-28-17-19-31-65(56)72(3,4)67(58)44-53)51-38-41-60-63(42-51)54-26-14-15-29-59(54)69-62(49-24-12-7-13-25-49)45-61(48-22-10-6-11-23-48)68(70(60)69)50-34-32-47(33-35-50)46-20-8-5-9-21-46/h5-8,10-20,22-44,61H,9,21,45H2,1-4H3. The van der Waals surface area contributed by atoms with Gasteiger partial charge in [0, 0.05) is 33.8 Å². The molecule has 0 spiro atoms. The highest BCUT2D eigenvalue weighted by atomic mass is 15.1. The van der Waals surface area contributed by atoms with Gasteiger partial charge in [-0.1, -0.05) is 222 Å². The lowest BCUT2D eigenvalue weighted by Crippen LogP contribution is -2.37. The molecule has 0 saturated carbocycles. The molecule has 0 fully saturated rings. The van der Waals surface area contributed by atoms with Gasteiger partial charge in [0.1, 0.15) is 0 Å². The molecule has 4 aliphatic rings. The monoisotopic (exact) mass is 935 g/mol. The van der Waals surface area contributed by atoms with Crippen molar-refractivity contribution < 1.29 is 0 Å². The van der Waals surface area contributed by atoms with Crippen molar-refractivity contribution in [1.82, 2.24) is 0 Å². The molecule has 0 N–H and O–H groups in total. The van der Waals surface area contributed by atoms with Gasteiger partial charge in [0.15, 0.2) is 0 Å². The lowest BCUT2D eigenvalue weighted by Gasteiger charge is -2.31. The predicted octanol–water partition coefficient (Wildman–Crippen LogP) is 17.4. The van der Waals surface area contributed by atoms with E-state index < -0.39 is 0 Å². The van der Waals surface area contributed by atoms with Crippen molar-refractivity contribution in [2.75, 3.05) is 4.90 Å². The van der Waals surface area contributed by atoms with Crippen molar-refractivity contribution in [3.05, 3.63) is 285 Å². The van der Waals surface area contributed by atoms with E-state index in [0.717, 1.165) is 36.3 Å². The summed E-state index contributed by atoms with van der Waals surface area (Å²) in [6, 6.07) is 81.1. The van der Waals surface area contributed by atoms with Crippen molar-refractivity contribution in [2.45, 2.75) is 63.7 Å². The second-order valence-electron chi connectivity index (χ2n) is 21.8. The SMILES string of the molecule is CC1(C)c2ccccc2-c2ccc(N(c3ccc4c(c3)C(C)(C)c3ccccc3-4)c3ccc4c5c(c6ccccc6c4c3)=C(c3ccccc3)CC(c3ccccc3)C=5c3ccc(C4=CC=CCC4)cc3)cc21. The molecule has 0 saturated heterocycles. The number of allylic oxidation sites excluding steroid dienone is 4. The van der Waals surface area contributed by atoms with Crippen LogP contribution in [0.4, 0.5) is 17.1 Å². The normalized spacial score (nSPS) is 16.7. The third kappa shape index (κ3) is 6.75. The maximum Gasteiger partial charge on any atom is 0.0468 e. The van der Waals surface area contributed by atoms with Crippen LogP contribution in [-0.4, -0.2) is 0 Å². The highest BCUT2D eigenvalue weighted by Crippen LogP contribution is 2.53. The van der Waals surface area contributed by atoms with E-state index in [4.69, 9.17) is 0 Å². The van der Waals surface area contributed by atoms with Crippen molar-refractivity contribution >= 4 is 55.3 Å². The van der Waals surface area contributed by atoms with Crippen LogP contribution in [-0.2, 0) is 10.8 Å². The van der Waals surface area contributed by atoms with Gasteiger partial charge in [0.05, 0.1) is 0 Å². The van der Waals surface area contributed by atoms with E-state index in [1.165, 1.54) is 115 Å². The number of benzene rings is 10. The van der Waals surface area contributed by atoms with Crippen LogP contribution in [0.1, 0.15) is 97.4 Å². The molecular formula is C72H57N. The van der Waals surface area contributed by atoms with Gasteiger partial charge in [0.2, 0.25) is 0 Å². The van der Waals surface area contributed by atoms with Crippen molar-refractivity contribution in [3.63, 3.8) is 0 Å². The fourth-order valence-corrected chi connectivity index (χ4v) is 13.5. The number of hydrogen-bond donors (Lipinski definition) is 0. The zero-order valence-corrected chi connectivity index (χ0v) is 42.1. The Kier molecular flexibility index (Phi) is 9.93. The van der Waals surface area contributed by atoms with Gasteiger partial charge < -0.3 is 4.90 Å². The number of fused-ring (bicyclic) bond motifs is 12. The average Bonchev–Trinajstić information content (AvgIpc) is 3.82. The molecule has 0 aromatic heterocycles. The maximum absolute atomic E-state index is 2.54. The fraction of sp³-hybridized carbons (Fsp3) is 0.139. The molecule has 1 nitrogen and oxygen atoms in total. The summed E-state index contributed by atoms with van der Waals surface area (Å²) in [4.78, 5) is 2.54. The Bertz CT molecular complexity index is 3980. The Labute approximate surface area is 429 Å². The van der Waals surface area contributed by atoms with Crippen molar-refractivity contribution in [2.24, 2.45) is 0 Å². The summed E-state index contributed by atoms with van der Waals surface area (Å²) in [5.74, 6) is 0.130. The lowest BCUT2D eigenvalue weighted by atomic mass is 9.74. The zero-order chi connectivity index (χ0) is 49.0. The van der Waals surface area contributed by atoms with Crippen LogP contribution >= 0.6 is 0 Å². The first kappa shape index (κ1) is 43.5. The third-order valence-electron chi connectivity index (χ3n) is 17.2. The largest absolute Gasteiger partial charge is 0.310 e. The van der Waals surface area contributed by atoms with E-state index in [-0.39, 0.29) is 16.7 Å². The summed E-state index contributed by atoms with van der Waals surface area (Å²) in [5, 5.41) is 7.79. The zero-order valence-electron chi connectivity index (χ0n) is 42.1. The van der Waals surface area contributed by atoms with Crippen molar-refractivity contribution in [3.8, 4) is 22.3 Å². The van der Waals surface area contributed by atoms with E-state index in [2.05, 4.69) is 263 Å². The minimum Gasteiger partial charge on any atom is -0.310 e. The van der Waals surface area contributed by atoms with E-state index in [1.54, 1.807) is 0 Å². The highest BCUT2D eigenvalue weighted by Gasteiger charge is 2.38. The van der Waals surface area contributed by atoms with Gasteiger partial charge in [-0.3, -0.25) is 0 Å². The van der Waals surface area contributed by atoms with E-state index in [1.807, 2.05) is 0 Å². The molecular weight excluding hydrogens is 879 g/mol. The summed E-state index contributed by atoms with van der Waals surface area (Å²) in [6.45, 7) is 9.56. The molecule has 73 heavy (non-hydrogen) atoms. The lowest BCUT2D eigenvalue weighted by molar-refractivity contribution is 0.660. The number of anilines is 3. The number of rotatable bonds is 7. The summed E-state index contributed by atoms with van der Waals surface area (Å²) in [6.07, 6.45) is 9.83. The van der Waals surface area contributed by atoms with Gasteiger partial charge >= 0.3 is 0 Å². The van der Waals surface area contributed by atoms with E-state index in [9.17, 15) is 0 Å². The highest BCUT2D eigenvalue weighted by molar-refractivity contribution is 6.12. The van der Waals surface area contributed by atoms with Crippen LogP contribution in [0.3, 0.4) is 0 Å². The van der Waals surface area contributed by atoms with Crippen LogP contribution in [0, 0.1) is 0 Å². The summed E-state index contributed by atoms with van der Waals surface area (Å²) in [7, 11) is 0. The molecule has 350 valence electrons. The quantitative estimate of drug-likeness (QED) is 0.144. The second kappa shape index (κ2) is 16.7. The first-order valence-corrected chi connectivity index (χ1v) is 26.3. The Morgan fingerprint density at radius 1 is 0.411 bits per heavy atom. The Balaban J connectivity index is 1.07. The first-order valence-electron chi connectivity index (χ1n) is 26.3. The van der Waals surface area contributed by atoms with Gasteiger partial charge in [-0.2, -0.15) is 0 Å². The molecule has 0 amide bonds. The van der Waals surface area contributed by atoms with Crippen LogP contribution < -0.4 is 15.3 Å². The molecule has 1 atom stereocenters. The molecule has 10 aromatic carbocycles. The van der Waals surface area contributed by atoms with Gasteiger partial charge in [0.25, 0.3) is 0 Å². The van der Waals surface area contributed by atoms with Crippen LogP contribution in [0.2, 0.25) is 0 Å². The van der Waals surface area contributed by atoms with Crippen LogP contribution in [0.25, 0.3) is 60.5 Å². The summed E-state index contributed by atoms with van der Waals surface area (Å²) < 4.78 is 0. The maximum atomic E-state index is 2.54. The van der Waals surface area contributed by atoms with Gasteiger partial charge in [-0.05, 0) is 171 Å². The summed E-state index contributed by atoms with van der Waals surface area (Å²) in [5.41, 5.74) is 23.4. The summed E-state index contributed by atoms with van der Waals surface area (Å²) >= 11 is 0. The van der Waals surface area contributed by atoms with Crippen molar-refractivity contribution in [1.29, 1.82) is 0 Å². The van der Waals surface area contributed by atoms with Crippen LogP contribution in [0.15, 0.2) is 231 Å². The molecule has 0 bridgehead atoms. The van der Waals surface area contributed by atoms with Gasteiger partial charge in [-0.15, -0.1) is 0 Å². The average molecular weight is 936 g/mol. The topological polar surface area (TPSA) is 3.24 Å². The Morgan fingerprint density at radius 2 is 0.932 bits per heavy atom. The molecule has 0 heterocycles. The minimum atomic E-state index is -0.148. The number of nitrogens with zero attached hydrogens (tertiary/aromatic N) is 1. The molecule has 10 aromatic rings. The molecule has 14 rings (SSSR count). The minimum absolute atomic E-state index is 0.130. The fourth-order valence-electron chi connectivity index (χ4n) is 13.5. The molecule has 4 aliphatic carbocycles. The first-order chi connectivity index (χ1) is 35.7.